The summed E-state index contributed by atoms with van der Waals surface area (Å²) in [7, 11) is 0. The van der Waals surface area contributed by atoms with E-state index >= 15 is 0 Å². The summed E-state index contributed by atoms with van der Waals surface area (Å²) in [5.41, 5.74) is 4.57. The molecule has 1 aliphatic carbocycles. The molecule has 0 saturated carbocycles. The number of fused-ring (bicyclic) bond motifs is 3. The smallest absolute Gasteiger partial charge is 0.226 e. The summed E-state index contributed by atoms with van der Waals surface area (Å²) in [5.74, 6) is 0.665. The fourth-order valence-electron chi connectivity index (χ4n) is 3.59. The zero-order valence-electron chi connectivity index (χ0n) is 14.2. The molecule has 0 amide bonds. The number of hydrogen-bond acceptors (Lipinski definition) is 5. The lowest BCUT2D eigenvalue weighted by molar-refractivity contribution is 0.104. The van der Waals surface area contributed by atoms with Crippen molar-refractivity contribution in [2.45, 2.75) is 0 Å². The van der Waals surface area contributed by atoms with E-state index in [0.29, 0.717) is 36.0 Å². The van der Waals surface area contributed by atoms with Crippen molar-refractivity contribution in [3.05, 3.63) is 65.7 Å². The van der Waals surface area contributed by atoms with Gasteiger partial charge < -0.3 is 9.64 Å². The summed E-state index contributed by atoms with van der Waals surface area (Å²) in [6, 6.07) is 17.5. The summed E-state index contributed by atoms with van der Waals surface area (Å²) in [4.78, 5) is 24.8. The molecular formula is C21H17N3O2. The molecule has 2 aliphatic rings. The molecule has 5 heteroatoms. The summed E-state index contributed by atoms with van der Waals surface area (Å²) < 4.78 is 5.45. The van der Waals surface area contributed by atoms with E-state index in [9.17, 15) is 4.79 Å². The van der Waals surface area contributed by atoms with Gasteiger partial charge in [0.2, 0.25) is 5.95 Å². The van der Waals surface area contributed by atoms with Gasteiger partial charge in [-0.2, -0.15) is 0 Å². The van der Waals surface area contributed by atoms with E-state index in [2.05, 4.69) is 4.90 Å². The maximum Gasteiger partial charge on any atom is 0.226 e. The first-order valence-electron chi connectivity index (χ1n) is 8.77. The number of anilines is 1. The Morgan fingerprint density at radius 2 is 1.46 bits per heavy atom. The van der Waals surface area contributed by atoms with E-state index in [1.54, 1.807) is 0 Å². The molecular weight excluding hydrogens is 326 g/mol. The highest BCUT2D eigenvalue weighted by Crippen LogP contribution is 2.40. The molecule has 3 aromatic rings. The lowest BCUT2D eigenvalue weighted by Gasteiger charge is -2.27. The normalized spacial score (nSPS) is 15.7. The van der Waals surface area contributed by atoms with Crippen molar-refractivity contribution in [1.29, 1.82) is 0 Å². The van der Waals surface area contributed by atoms with Crippen LogP contribution in [0.25, 0.3) is 22.5 Å². The topological polar surface area (TPSA) is 55.3 Å². The molecule has 2 heterocycles. The summed E-state index contributed by atoms with van der Waals surface area (Å²) in [6.07, 6.45) is 0. The van der Waals surface area contributed by atoms with Gasteiger partial charge in [-0.25, -0.2) is 9.97 Å². The predicted octanol–water partition coefficient (Wildman–Crippen LogP) is 3.19. The Morgan fingerprint density at radius 3 is 2.23 bits per heavy atom. The Kier molecular flexibility index (Phi) is 3.53. The molecule has 2 aromatic carbocycles. The van der Waals surface area contributed by atoms with E-state index in [1.165, 1.54) is 0 Å². The van der Waals surface area contributed by atoms with E-state index in [-0.39, 0.29) is 5.78 Å². The molecule has 0 radical (unpaired) electrons. The van der Waals surface area contributed by atoms with Gasteiger partial charge in [0.25, 0.3) is 0 Å². The highest BCUT2D eigenvalue weighted by atomic mass is 16.5. The van der Waals surface area contributed by atoms with Gasteiger partial charge in [0, 0.05) is 29.8 Å². The molecule has 1 aliphatic heterocycles. The minimum atomic E-state index is 0.00276. The second kappa shape index (κ2) is 6.04. The fourth-order valence-corrected chi connectivity index (χ4v) is 3.59. The number of carbonyl (C=O) groups excluding carboxylic acids is 1. The van der Waals surface area contributed by atoms with Gasteiger partial charge in [0.15, 0.2) is 5.78 Å². The van der Waals surface area contributed by atoms with E-state index < -0.39 is 0 Å². The Morgan fingerprint density at radius 1 is 0.808 bits per heavy atom. The van der Waals surface area contributed by atoms with Crippen molar-refractivity contribution in [3.63, 3.8) is 0 Å². The third-order valence-corrected chi connectivity index (χ3v) is 4.89. The second-order valence-electron chi connectivity index (χ2n) is 6.44. The van der Waals surface area contributed by atoms with Gasteiger partial charge in [-0.15, -0.1) is 0 Å². The van der Waals surface area contributed by atoms with Crippen LogP contribution in [0.3, 0.4) is 0 Å². The van der Waals surface area contributed by atoms with Crippen molar-refractivity contribution < 1.29 is 9.53 Å². The number of benzene rings is 2. The van der Waals surface area contributed by atoms with Gasteiger partial charge in [-0.05, 0) is 0 Å². The molecule has 5 rings (SSSR count). The van der Waals surface area contributed by atoms with Gasteiger partial charge in [-0.3, -0.25) is 4.79 Å². The lowest BCUT2D eigenvalue weighted by Crippen LogP contribution is -2.37. The van der Waals surface area contributed by atoms with Crippen LogP contribution in [0.2, 0.25) is 0 Å². The van der Waals surface area contributed by atoms with Crippen LogP contribution in [0.1, 0.15) is 15.9 Å². The highest BCUT2D eigenvalue weighted by Gasteiger charge is 2.33. The second-order valence-corrected chi connectivity index (χ2v) is 6.44. The molecule has 0 atom stereocenters. The minimum absolute atomic E-state index is 0.00276. The summed E-state index contributed by atoms with van der Waals surface area (Å²) >= 11 is 0. The minimum Gasteiger partial charge on any atom is -0.378 e. The third kappa shape index (κ3) is 2.32. The molecule has 1 fully saturated rings. The van der Waals surface area contributed by atoms with Gasteiger partial charge in [0.1, 0.15) is 0 Å². The number of aromatic nitrogens is 2. The largest absolute Gasteiger partial charge is 0.378 e. The number of morpholine rings is 1. The highest BCUT2D eigenvalue weighted by molar-refractivity contribution is 6.23. The third-order valence-electron chi connectivity index (χ3n) is 4.89. The van der Waals surface area contributed by atoms with Crippen LogP contribution in [-0.2, 0) is 4.74 Å². The first-order valence-corrected chi connectivity index (χ1v) is 8.77. The van der Waals surface area contributed by atoms with Crippen LogP contribution in [0.5, 0.6) is 0 Å². The number of hydrogen-bond donors (Lipinski definition) is 0. The van der Waals surface area contributed by atoms with Crippen molar-refractivity contribution >= 4 is 11.7 Å². The van der Waals surface area contributed by atoms with Crippen molar-refractivity contribution in [2.24, 2.45) is 0 Å². The molecule has 1 saturated heterocycles. The van der Waals surface area contributed by atoms with Crippen LogP contribution in [0.15, 0.2) is 54.6 Å². The maximum absolute atomic E-state index is 13.1. The molecule has 0 spiro atoms. The number of rotatable bonds is 2. The van der Waals surface area contributed by atoms with E-state index in [0.717, 1.165) is 29.9 Å². The molecule has 26 heavy (non-hydrogen) atoms. The Hall–Kier alpha value is -3.05. The standard InChI is InChI=1S/C21H17N3O2/c25-20-16-9-5-4-8-15(16)19-17(20)18(14-6-2-1-3-7-14)22-21(23-19)24-10-12-26-13-11-24/h1-9H,10-13H2. The molecule has 1 aromatic heterocycles. The monoisotopic (exact) mass is 343 g/mol. The molecule has 0 unspecified atom stereocenters. The summed E-state index contributed by atoms with van der Waals surface area (Å²) in [5, 5.41) is 0. The fraction of sp³-hybridized carbons (Fsp3) is 0.190. The van der Waals surface area contributed by atoms with Crippen molar-refractivity contribution in [2.75, 3.05) is 31.2 Å². The SMILES string of the molecule is O=C1c2ccccc2-c2nc(N3CCOCC3)nc(-c3ccccc3)c21. The van der Waals surface area contributed by atoms with Crippen molar-refractivity contribution in [1.82, 2.24) is 9.97 Å². The van der Waals surface area contributed by atoms with Gasteiger partial charge in [-0.1, -0.05) is 54.6 Å². The van der Waals surface area contributed by atoms with Crippen LogP contribution < -0.4 is 4.90 Å². The zero-order valence-corrected chi connectivity index (χ0v) is 14.2. The van der Waals surface area contributed by atoms with Crippen LogP contribution in [0, 0.1) is 0 Å². The predicted molar refractivity (Wildman–Crippen MR) is 99.4 cm³/mol. The molecule has 0 N–H and O–H groups in total. The van der Waals surface area contributed by atoms with Crippen LogP contribution in [-0.4, -0.2) is 42.1 Å². The molecule has 0 bridgehead atoms. The number of ether oxygens (including phenoxy) is 1. The maximum atomic E-state index is 13.1. The quantitative estimate of drug-likeness (QED) is 0.559. The lowest BCUT2D eigenvalue weighted by atomic mass is 10.0. The van der Waals surface area contributed by atoms with Gasteiger partial charge in [0.05, 0.1) is 30.2 Å². The first-order chi connectivity index (χ1) is 12.8. The molecule has 128 valence electrons. The summed E-state index contributed by atoms with van der Waals surface area (Å²) in [6.45, 7) is 2.83. The van der Waals surface area contributed by atoms with E-state index in [4.69, 9.17) is 14.7 Å². The van der Waals surface area contributed by atoms with Crippen LogP contribution in [0.4, 0.5) is 5.95 Å². The Balaban J connectivity index is 1.76. The van der Waals surface area contributed by atoms with Crippen LogP contribution >= 0.6 is 0 Å². The molecule has 5 nitrogen and oxygen atoms in total. The average molecular weight is 343 g/mol. The zero-order chi connectivity index (χ0) is 17.5. The van der Waals surface area contributed by atoms with Crippen molar-refractivity contribution in [3.8, 4) is 22.5 Å². The number of ketones is 1. The van der Waals surface area contributed by atoms with E-state index in [1.807, 2.05) is 54.6 Å². The Bertz CT molecular complexity index is 995. The first kappa shape index (κ1) is 15.2. The Labute approximate surface area is 151 Å². The van der Waals surface area contributed by atoms with Gasteiger partial charge >= 0.3 is 0 Å². The number of carbonyl (C=O) groups is 1. The average Bonchev–Trinajstić information content (AvgIpc) is 3.01. The number of nitrogens with zero attached hydrogens (tertiary/aromatic N) is 3.